The Morgan fingerprint density at radius 1 is 1.23 bits per heavy atom. The molecule has 0 spiro atoms. The van der Waals surface area contributed by atoms with E-state index in [-0.39, 0.29) is 11.5 Å². The summed E-state index contributed by atoms with van der Waals surface area (Å²) in [7, 11) is 0. The third-order valence-corrected chi connectivity index (χ3v) is 4.16. The molecular weight excluding hydrogens is 405 g/mol. The molecule has 1 atom stereocenters. The maximum atomic E-state index is 13.1. The number of aromatic nitrogens is 1. The summed E-state index contributed by atoms with van der Waals surface area (Å²) in [6.45, 7) is 5.07. The number of carboxylic acids is 1. The first-order valence-electron chi connectivity index (χ1n) is 8.90. The minimum Gasteiger partial charge on any atom is -0.480 e. The number of aliphatic carboxylic acids is 1. The summed E-state index contributed by atoms with van der Waals surface area (Å²) in [6, 6.07) is 4.60. The molecule has 1 aliphatic rings. The molecule has 1 aromatic heterocycles. The monoisotopic (exact) mass is 424 g/mol. The van der Waals surface area contributed by atoms with Crippen molar-refractivity contribution in [1.82, 2.24) is 4.98 Å². The molecule has 11 heteroatoms. The van der Waals surface area contributed by atoms with E-state index in [1.54, 1.807) is 32.9 Å². The molecule has 1 aromatic carbocycles. The number of carbonyl (C=O) groups excluding carboxylic acids is 1. The molecule has 8 nitrogen and oxygen atoms in total. The average molecular weight is 424 g/mol. The number of carboxylic acid groups (broad SMARTS) is 1. The van der Waals surface area contributed by atoms with E-state index in [9.17, 15) is 27.9 Å². The zero-order chi connectivity index (χ0) is 22.3. The van der Waals surface area contributed by atoms with Gasteiger partial charge in [0.2, 0.25) is 0 Å². The zero-order valence-electron chi connectivity index (χ0n) is 16.3. The molecule has 1 aliphatic heterocycles. The Hall–Kier alpha value is -3.37. The van der Waals surface area contributed by atoms with Crippen LogP contribution in [0, 0.1) is 0 Å². The van der Waals surface area contributed by atoms with E-state index < -0.39 is 42.0 Å². The lowest BCUT2D eigenvalue weighted by Crippen LogP contribution is -2.34. The summed E-state index contributed by atoms with van der Waals surface area (Å²) in [5.41, 5.74) is -1.80. The highest BCUT2D eigenvalue weighted by atomic mass is 19.4. The lowest BCUT2D eigenvalue weighted by Gasteiger charge is -2.21. The van der Waals surface area contributed by atoms with Gasteiger partial charge in [-0.3, -0.25) is 10.3 Å². The number of hydrazone groups is 1. The number of anilines is 2. The number of carbonyl (C=O) groups is 2. The number of amides is 1. The van der Waals surface area contributed by atoms with E-state index in [1.807, 2.05) is 0 Å². The molecular formula is C19H19F3N4O4. The van der Waals surface area contributed by atoms with Crippen LogP contribution in [0.2, 0.25) is 0 Å². The molecule has 0 fully saturated rings. The van der Waals surface area contributed by atoms with Crippen LogP contribution in [0.15, 0.2) is 35.6 Å². The number of pyridine rings is 1. The number of hydrogen-bond donors (Lipinski definition) is 2. The predicted octanol–water partition coefficient (Wildman–Crippen LogP) is 4.16. The van der Waals surface area contributed by atoms with Crippen LogP contribution in [-0.4, -0.2) is 45.7 Å². The Morgan fingerprint density at radius 3 is 2.53 bits per heavy atom. The number of halogens is 3. The predicted molar refractivity (Wildman–Crippen MR) is 104 cm³/mol. The first kappa shape index (κ1) is 21.3. The Bertz CT molecular complexity index is 1030. The largest absolute Gasteiger partial charge is 0.480 e. The van der Waals surface area contributed by atoms with Crippen LogP contribution in [0.25, 0.3) is 10.8 Å². The number of benzene rings is 1. The second-order valence-corrected chi connectivity index (χ2v) is 7.64. The standard InChI is InChI=1S/C19H19F3N4O4/c1-18(2,3)30-17(29)24-15-12-8-11(5-4-10(12)6-7-23-15)26-13(16(27)28)9-14(25-26)19(20,21)22/h4-8,13H,9H2,1-3H3,(H,27,28)(H,23,24,29). The fourth-order valence-electron chi connectivity index (χ4n) is 2.91. The summed E-state index contributed by atoms with van der Waals surface area (Å²) in [4.78, 5) is 27.7. The van der Waals surface area contributed by atoms with Crippen LogP contribution in [-0.2, 0) is 9.53 Å². The Kier molecular flexibility index (Phi) is 5.31. The molecule has 0 aliphatic carbocycles. The summed E-state index contributed by atoms with van der Waals surface area (Å²) >= 11 is 0. The van der Waals surface area contributed by atoms with Crippen molar-refractivity contribution in [3.8, 4) is 0 Å². The van der Waals surface area contributed by atoms with Gasteiger partial charge in [-0.2, -0.15) is 18.3 Å². The van der Waals surface area contributed by atoms with Gasteiger partial charge in [0.25, 0.3) is 0 Å². The highest BCUT2D eigenvalue weighted by Gasteiger charge is 2.45. The van der Waals surface area contributed by atoms with E-state index in [0.717, 1.165) is 5.01 Å². The Balaban J connectivity index is 2.00. The third kappa shape index (κ3) is 4.61. The number of fused-ring (bicyclic) bond motifs is 1. The topological polar surface area (TPSA) is 104 Å². The summed E-state index contributed by atoms with van der Waals surface area (Å²) in [6.07, 6.45) is -4.81. The Morgan fingerprint density at radius 2 is 1.93 bits per heavy atom. The van der Waals surface area contributed by atoms with Gasteiger partial charge in [-0.15, -0.1) is 0 Å². The SMILES string of the molecule is CC(C)(C)OC(=O)Nc1nccc2ccc(N3N=C(C(F)(F)F)CC3C(=O)O)cc12. The molecule has 2 N–H and O–H groups in total. The number of hydrogen-bond acceptors (Lipinski definition) is 6. The molecule has 2 aromatic rings. The van der Waals surface area contributed by atoms with Crippen LogP contribution >= 0.6 is 0 Å². The van der Waals surface area contributed by atoms with Crippen molar-refractivity contribution in [2.24, 2.45) is 5.10 Å². The van der Waals surface area contributed by atoms with Crippen LogP contribution < -0.4 is 10.3 Å². The second kappa shape index (κ2) is 7.47. The number of nitrogens with zero attached hydrogens (tertiary/aromatic N) is 3. The van der Waals surface area contributed by atoms with Crippen LogP contribution in [0.3, 0.4) is 0 Å². The van der Waals surface area contributed by atoms with Crippen LogP contribution in [0.5, 0.6) is 0 Å². The summed E-state index contributed by atoms with van der Waals surface area (Å²) in [5.74, 6) is -1.31. The molecule has 3 rings (SSSR count). The van der Waals surface area contributed by atoms with Gasteiger partial charge >= 0.3 is 18.2 Å². The Labute approximate surface area is 169 Å². The van der Waals surface area contributed by atoms with E-state index in [0.29, 0.717) is 10.8 Å². The van der Waals surface area contributed by atoms with E-state index in [1.165, 1.54) is 18.3 Å². The fraction of sp³-hybridized carbons (Fsp3) is 0.368. The number of alkyl halides is 3. The van der Waals surface area contributed by atoms with Crippen molar-refractivity contribution in [2.75, 3.05) is 10.3 Å². The molecule has 2 heterocycles. The number of rotatable bonds is 3. The maximum Gasteiger partial charge on any atom is 0.431 e. The van der Waals surface area contributed by atoms with Crippen molar-refractivity contribution in [1.29, 1.82) is 0 Å². The highest BCUT2D eigenvalue weighted by Crippen LogP contribution is 2.34. The van der Waals surface area contributed by atoms with E-state index in [2.05, 4.69) is 15.4 Å². The van der Waals surface area contributed by atoms with Gasteiger partial charge in [-0.05, 0) is 44.4 Å². The van der Waals surface area contributed by atoms with Gasteiger partial charge in [0.05, 0.1) is 5.69 Å². The van der Waals surface area contributed by atoms with Crippen LogP contribution in [0.1, 0.15) is 27.2 Å². The summed E-state index contributed by atoms with van der Waals surface area (Å²) in [5, 5.41) is 17.2. The first-order valence-corrected chi connectivity index (χ1v) is 8.90. The van der Waals surface area contributed by atoms with Gasteiger partial charge in [0.15, 0.2) is 6.04 Å². The molecule has 30 heavy (non-hydrogen) atoms. The molecule has 0 radical (unpaired) electrons. The molecule has 160 valence electrons. The van der Waals surface area contributed by atoms with Crippen molar-refractivity contribution in [3.63, 3.8) is 0 Å². The van der Waals surface area contributed by atoms with Gasteiger partial charge < -0.3 is 9.84 Å². The van der Waals surface area contributed by atoms with Gasteiger partial charge in [0, 0.05) is 18.0 Å². The molecule has 1 amide bonds. The van der Waals surface area contributed by atoms with Crippen molar-refractivity contribution >= 4 is 40.1 Å². The van der Waals surface area contributed by atoms with Gasteiger partial charge in [-0.1, -0.05) is 6.07 Å². The van der Waals surface area contributed by atoms with Crippen molar-refractivity contribution in [3.05, 3.63) is 30.5 Å². The van der Waals surface area contributed by atoms with E-state index in [4.69, 9.17) is 4.74 Å². The fourth-order valence-corrected chi connectivity index (χ4v) is 2.91. The maximum absolute atomic E-state index is 13.1. The van der Waals surface area contributed by atoms with Gasteiger partial charge in [0.1, 0.15) is 17.1 Å². The molecule has 0 saturated heterocycles. The van der Waals surface area contributed by atoms with E-state index >= 15 is 0 Å². The smallest absolute Gasteiger partial charge is 0.431 e. The second-order valence-electron chi connectivity index (χ2n) is 7.64. The number of nitrogens with one attached hydrogen (secondary N) is 1. The molecule has 1 unspecified atom stereocenters. The minimum atomic E-state index is -4.73. The van der Waals surface area contributed by atoms with Crippen molar-refractivity contribution in [2.45, 2.75) is 45.0 Å². The average Bonchev–Trinajstić information content (AvgIpc) is 3.06. The normalized spacial score (nSPS) is 17.1. The third-order valence-electron chi connectivity index (χ3n) is 4.16. The van der Waals surface area contributed by atoms with Crippen LogP contribution in [0.4, 0.5) is 29.5 Å². The lowest BCUT2D eigenvalue weighted by atomic mass is 10.1. The quantitative estimate of drug-likeness (QED) is 0.767. The first-order chi connectivity index (χ1) is 13.8. The minimum absolute atomic E-state index is 0.120. The summed E-state index contributed by atoms with van der Waals surface area (Å²) < 4.78 is 44.4. The van der Waals surface area contributed by atoms with Crippen molar-refractivity contribution < 1.29 is 32.6 Å². The number of ether oxygens (including phenoxy) is 1. The molecule has 0 bridgehead atoms. The lowest BCUT2D eigenvalue weighted by molar-refractivity contribution is -0.138. The molecule has 0 saturated carbocycles. The zero-order valence-corrected chi connectivity index (χ0v) is 16.3. The highest BCUT2D eigenvalue weighted by molar-refractivity contribution is 6.02. The van der Waals surface area contributed by atoms with Gasteiger partial charge in [-0.25, -0.2) is 14.6 Å².